The number of halogens is 1. The number of ketones is 1. The molecular formula is C23H31FN2O3S. The second kappa shape index (κ2) is 10.1. The summed E-state index contributed by atoms with van der Waals surface area (Å²) in [5.74, 6) is -1.07. The van der Waals surface area contributed by atoms with Crippen LogP contribution in [0.15, 0.2) is 35.9 Å². The number of thiol groups is 1. The monoisotopic (exact) mass is 434 g/mol. The van der Waals surface area contributed by atoms with Crippen molar-refractivity contribution in [1.29, 1.82) is 0 Å². The third-order valence-corrected chi connectivity index (χ3v) is 6.56. The Kier molecular flexibility index (Phi) is 7.71. The standard InChI is InChI=1S/C23H31FN2O3S/c1-15(2)25(14-21(27)28)11-9-17-13-26(12-10-20(17)30)22(23(29)16-7-8-16)18-5-3-4-6-19(18)24/h3-6,9,15-16,20,22,30H,7-8,10-14H2,1-2H3,(H,27,28). The number of piperidine rings is 1. The lowest BCUT2D eigenvalue weighted by Crippen LogP contribution is -2.43. The number of benzene rings is 1. The van der Waals surface area contributed by atoms with E-state index in [9.17, 15) is 14.0 Å². The average molecular weight is 435 g/mol. The van der Waals surface area contributed by atoms with Crippen molar-refractivity contribution in [1.82, 2.24) is 9.80 Å². The Hall–Kier alpha value is -1.70. The molecule has 0 bridgehead atoms. The van der Waals surface area contributed by atoms with Gasteiger partial charge in [0.15, 0.2) is 5.78 Å². The van der Waals surface area contributed by atoms with E-state index in [0.29, 0.717) is 25.2 Å². The second-order valence-electron chi connectivity index (χ2n) is 8.57. The molecular weight excluding hydrogens is 403 g/mol. The van der Waals surface area contributed by atoms with Gasteiger partial charge in [-0.2, -0.15) is 12.6 Å². The summed E-state index contributed by atoms with van der Waals surface area (Å²) in [4.78, 5) is 28.2. The maximum atomic E-state index is 14.6. The molecule has 1 aliphatic carbocycles. The third kappa shape index (κ3) is 5.71. The summed E-state index contributed by atoms with van der Waals surface area (Å²) in [6.45, 7) is 5.62. The van der Waals surface area contributed by atoms with E-state index < -0.39 is 12.0 Å². The van der Waals surface area contributed by atoms with E-state index in [4.69, 9.17) is 17.7 Å². The number of hydrogen-bond donors (Lipinski definition) is 2. The zero-order valence-electron chi connectivity index (χ0n) is 17.6. The molecule has 3 rings (SSSR count). The molecule has 1 aromatic rings. The van der Waals surface area contributed by atoms with Crippen molar-refractivity contribution in [2.45, 2.75) is 50.4 Å². The molecule has 1 heterocycles. The molecule has 0 amide bonds. The first-order chi connectivity index (χ1) is 14.3. The van der Waals surface area contributed by atoms with Crippen LogP contribution in [-0.2, 0) is 9.59 Å². The molecule has 1 saturated heterocycles. The van der Waals surface area contributed by atoms with E-state index in [0.717, 1.165) is 24.8 Å². The van der Waals surface area contributed by atoms with Crippen LogP contribution < -0.4 is 0 Å². The minimum atomic E-state index is -0.857. The number of carboxylic acids is 1. The van der Waals surface area contributed by atoms with Gasteiger partial charge in [-0.25, -0.2) is 4.39 Å². The highest BCUT2D eigenvalue weighted by Gasteiger charge is 2.40. The Morgan fingerprint density at radius 3 is 2.60 bits per heavy atom. The van der Waals surface area contributed by atoms with Crippen molar-refractivity contribution in [3.8, 4) is 0 Å². The fraction of sp³-hybridized carbons (Fsp3) is 0.565. The maximum Gasteiger partial charge on any atom is 0.317 e. The summed E-state index contributed by atoms with van der Waals surface area (Å²) >= 11 is 4.71. The highest BCUT2D eigenvalue weighted by molar-refractivity contribution is 7.81. The maximum absolute atomic E-state index is 14.6. The fourth-order valence-electron chi connectivity index (χ4n) is 4.00. The number of aliphatic carboxylic acids is 1. The molecule has 164 valence electrons. The van der Waals surface area contributed by atoms with E-state index in [1.165, 1.54) is 6.07 Å². The molecule has 30 heavy (non-hydrogen) atoms. The number of carbonyl (C=O) groups excluding carboxylic acids is 1. The minimum absolute atomic E-state index is 0.0274. The summed E-state index contributed by atoms with van der Waals surface area (Å²) in [6, 6.07) is 6.06. The Morgan fingerprint density at radius 1 is 1.30 bits per heavy atom. The van der Waals surface area contributed by atoms with E-state index in [1.807, 2.05) is 24.8 Å². The van der Waals surface area contributed by atoms with Gasteiger partial charge in [-0.15, -0.1) is 0 Å². The van der Waals surface area contributed by atoms with Crippen LogP contribution in [0.4, 0.5) is 4.39 Å². The van der Waals surface area contributed by atoms with Crippen molar-refractivity contribution in [3.05, 3.63) is 47.3 Å². The molecule has 2 aliphatic rings. The SMILES string of the molecule is CC(C)N(CC=C1CN(C(C(=O)C2CC2)c2ccccc2F)CCC1S)CC(=O)O. The number of nitrogens with zero attached hydrogens (tertiary/aromatic N) is 2. The van der Waals surface area contributed by atoms with Gasteiger partial charge in [0.25, 0.3) is 0 Å². The Labute approximate surface area is 183 Å². The van der Waals surface area contributed by atoms with Crippen LogP contribution in [0.25, 0.3) is 0 Å². The van der Waals surface area contributed by atoms with Crippen molar-refractivity contribution >= 4 is 24.4 Å². The topological polar surface area (TPSA) is 60.9 Å². The normalized spacial score (nSPS) is 22.6. The number of carboxylic acid groups (broad SMARTS) is 1. The third-order valence-electron chi connectivity index (χ3n) is 5.97. The van der Waals surface area contributed by atoms with Crippen LogP contribution in [0, 0.1) is 11.7 Å². The van der Waals surface area contributed by atoms with Gasteiger partial charge in [0, 0.05) is 42.4 Å². The summed E-state index contributed by atoms with van der Waals surface area (Å²) in [5.41, 5.74) is 1.51. The number of likely N-dealkylation sites (tertiary alicyclic amines) is 1. The molecule has 2 unspecified atom stereocenters. The van der Waals surface area contributed by atoms with E-state index in [-0.39, 0.29) is 35.4 Å². The van der Waals surface area contributed by atoms with Crippen molar-refractivity contribution in [3.63, 3.8) is 0 Å². The molecule has 1 aromatic carbocycles. The predicted octanol–water partition coefficient (Wildman–Crippen LogP) is 3.57. The largest absolute Gasteiger partial charge is 0.480 e. The van der Waals surface area contributed by atoms with Crippen LogP contribution >= 0.6 is 12.6 Å². The molecule has 0 aromatic heterocycles. The molecule has 1 N–H and O–H groups in total. The lowest BCUT2D eigenvalue weighted by atomic mass is 9.93. The number of Topliss-reactive ketones (excluding diaryl/α,β-unsaturated/α-hetero) is 1. The summed E-state index contributed by atoms with van der Waals surface area (Å²) < 4.78 is 14.6. The van der Waals surface area contributed by atoms with Crippen molar-refractivity contribution < 1.29 is 19.1 Å². The van der Waals surface area contributed by atoms with Gasteiger partial charge in [0.05, 0.1) is 12.6 Å². The molecule has 0 radical (unpaired) electrons. The molecule has 2 atom stereocenters. The lowest BCUT2D eigenvalue weighted by molar-refractivity contribution is -0.138. The number of carbonyl (C=O) groups is 2. The minimum Gasteiger partial charge on any atom is -0.480 e. The first-order valence-electron chi connectivity index (χ1n) is 10.6. The predicted molar refractivity (Wildman–Crippen MR) is 118 cm³/mol. The van der Waals surface area contributed by atoms with Crippen molar-refractivity contribution in [2.24, 2.45) is 5.92 Å². The van der Waals surface area contributed by atoms with Gasteiger partial charge < -0.3 is 5.11 Å². The average Bonchev–Trinajstić information content (AvgIpc) is 3.53. The Balaban J connectivity index is 1.81. The molecule has 1 saturated carbocycles. The fourth-order valence-corrected chi connectivity index (χ4v) is 4.30. The van der Waals surface area contributed by atoms with Crippen LogP contribution in [0.3, 0.4) is 0 Å². The summed E-state index contributed by atoms with van der Waals surface area (Å²) in [7, 11) is 0. The van der Waals surface area contributed by atoms with E-state index in [1.54, 1.807) is 18.2 Å². The Bertz CT molecular complexity index is 809. The van der Waals surface area contributed by atoms with Crippen LogP contribution in [0.1, 0.15) is 44.7 Å². The first-order valence-corrected chi connectivity index (χ1v) is 11.1. The first kappa shape index (κ1) is 23.0. The quantitative estimate of drug-likeness (QED) is 0.460. The van der Waals surface area contributed by atoms with Crippen molar-refractivity contribution in [2.75, 3.05) is 26.2 Å². The van der Waals surface area contributed by atoms with Crippen LogP contribution in [0.5, 0.6) is 0 Å². The zero-order valence-corrected chi connectivity index (χ0v) is 18.5. The molecule has 2 fully saturated rings. The van der Waals surface area contributed by atoms with E-state index in [2.05, 4.69) is 4.90 Å². The smallest absolute Gasteiger partial charge is 0.317 e. The number of hydrogen-bond acceptors (Lipinski definition) is 5. The second-order valence-corrected chi connectivity index (χ2v) is 9.19. The van der Waals surface area contributed by atoms with E-state index >= 15 is 0 Å². The van der Waals surface area contributed by atoms with Gasteiger partial charge in [-0.3, -0.25) is 19.4 Å². The van der Waals surface area contributed by atoms with Gasteiger partial charge in [-0.05, 0) is 44.7 Å². The summed E-state index contributed by atoms with van der Waals surface area (Å²) in [5, 5.41) is 9.20. The van der Waals surface area contributed by atoms with Gasteiger partial charge in [0.1, 0.15) is 5.82 Å². The molecule has 5 nitrogen and oxygen atoms in total. The van der Waals surface area contributed by atoms with Gasteiger partial charge in [0.2, 0.25) is 0 Å². The lowest BCUT2D eigenvalue weighted by Gasteiger charge is -2.38. The molecule has 0 spiro atoms. The van der Waals surface area contributed by atoms with Gasteiger partial charge in [-0.1, -0.05) is 24.3 Å². The van der Waals surface area contributed by atoms with Crippen LogP contribution in [0.2, 0.25) is 0 Å². The summed E-state index contributed by atoms with van der Waals surface area (Å²) in [6.07, 6.45) is 4.56. The Morgan fingerprint density at radius 2 is 2.00 bits per heavy atom. The van der Waals surface area contributed by atoms with Gasteiger partial charge >= 0.3 is 5.97 Å². The zero-order chi connectivity index (χ0) is 21.8. The highest BCUT2D eigenvalue weighted by atomic mass is 32.1. The molecule has 1 aliphatic heterocycles. The number of rotatable bonds is 9. The van der Waals surface area contributed by atoms with Crippen LogP contribution in [-0.4, -0.2) is 64.1 Å². The highest BCUT2D eigenvalue weighted by Crippen LogP contribution is 2.39. The molecule has 7 heteroatoms.